The van der Waals surface area contributed by atoms with E-state index in [0.717, 1.165) is 23.7 Å². The van der Waals surface area contributed by atoms with Crippen molar-refractivity contribution in [1.29, 1.82) is 0 Å². The van der Waals surface area contributed by atoms with E-state index in [1.807, 2.05) is 6.92 Å². The van der Waals surface area contributed by atoms with E-state index in [1.54, 1.807) is 0 Å². The fraction of sp³-hybridized carbons (Fsp3) is 0.917. The van der Waals surface area contributed by atoms with E-state index in [9.17, 15) is 4.79 Å². The molecule has 0 aromatic heterocycles. The molecule has 0 saturated heterocycles. The third kappa shape index (κ3) is 1.48. The molecule has 0 radical (unpaired) electrons. The molecule has 0 spiro atoms. The molecule has 3 fully saturated rings. The maximum absolute atomic E-state index is 11.2. The Labute approximate surface area is 90.6 Å². The first-order valence-electron chi connectivity index (χ1n) is 6.20. The third-order valence-corrected chi connectivity index (χ3v) is 4.52. The normalized spacial score (nSPS) is 45.3. The molecule has 3 saturated carbocycles. The topological polar surface area (TPSA) is 38.3 Å². The van der Waals surface area contributed by atoms with Gasteiger partial charge in [0.05, 0.1) is 13.2 Å². The van der Waals surface area contributed by atoms with Gasteiger partial charge in [0.15, 0.2) is 0 Å². The Morgan fingerprint density at radius 3 is 2.60 bits per heavy atom. The van der Waals surface area contributed by atoms with Crippen molar-refractivity contribution in [2.45, 2.75) is 32.2 Å². The molecule has 4 atom stereocenters. The number of hydrogen-bond acceptors (Lipinski definition) is 3. The molecule has 1 N–H and O–H groups in total. The molecule has 0 aromatic rings. The molecule has 4 unspecified atom stereocenters. The summed E-state index contributed by atoms with van der Waals surface area (Å²) in [4.78, 5) is 11.2. The number of rotatable bonds is 4. The minimum absolute atomic E-state index is 0.102. The van der Waals surface area contributed by atoms with Crippen molar-refractivity contribution in [3.05, 3.63) is 0 Å². The number of ether oxygens (including phenoxy) is 1. The lowest BCUT2D eigenvalue weighted by molar-refractivity contribution is -0.142. The Morgan fingerprint density at radius 1 is 1.33 bits per heavy atom. The second-order valence-corrected chi connectivity index (χ2v) is 5.20. The van der Waals surface area contributed by atoms with E-state index in [1.165, 1.54) is 19.3 Å². The maximum Gasteiger partial charge on any atom is 0.319 e. The average molecular weight is 209 g/mol. The summed E-state index contributed by atoms with van der Waals surface area (Å²) in [5.74, 6) is 3.64. The molecule has 84 valence electrons. The van der Waals surface area contributed by atoms with Gasteiger partial charge in [-0.25, -0.2) is 0 Å². The van der Waals surface area contributed by atoms with Gasteiger partial charge < -0.3 is 10.1 Å². The van der Waals surface area contributed by atoms with Crippen LogP contribution in [0.5, 0.6) is 0 Å². The molecular weight excluding hydrogens is 190 g/mol. The SMILES string of the molecule is CCOC(=O)CNC1C2C3CCC(C3)C12. The van der Waals surface area contributed by atoms with Crippen LogP contribution < -0.4 is 5.32 Å². The first-order chi connectivity index (χ1) is 7.31. The van der Waals surface area contributed by atoms with Gasteiger partial charge in [0, 0.05) is 6.04 Å². The molecule has 3 aliphatic carbocycles. The largest absolute Gasteiger partial charge is 0.465 e. The van der Waals surface area contributed by atoms with Crippen LogP contribution in [0.2, 0.25) is 0 Å². The monoisotopic (exact) mass is 209 g/mol. The van der Waals surface area contributed by atoms with Gasteiger partial charge in [-0.15, -0.1) is 0 Å². The Hall–Kier alpha value is -0.570. The molecule has 0 heterocycles. The molecule has 3 rings (SSSR count). The molecule has 3 aliphatic rings. The van der Waals surface area contributed by atoms with Crippen LogP contribution in [0.25, 0.3) is 0 Å². The molecule has 15 heavy (non-hydrogen) atoms. The third-order valence-electron chi connectivity index (χ3n) is 4.52. The van der Waals surface area contributed by atoms with E-state index in [-0.39, 0.29) is 5.97 Å². The summed E-state index contributed by atoms with van der Waals surface area (Å²) in [6.07, 6.45) is 4.33. The minimum atomic E-state index is -0.102. The van der Waals surface area contributed by atoms with Gasteiger partial charge in [-0.1, -0.05) is 0 Å². The quantitative estimate of drug-likeness (QED) is 0.707. The summed E-state index contributed by atoms with van der Waals surface area (Å²) >= 11 is 0. The summed E-state index contributed by atoms with van der Waals surface area (Å²) in [5.41, 5.74) is 0. The molecule has 0 aromatic carbocycles. The van der Waals surface area contributed by atoms with Crippen molar-refractivity contribution < 1.29 is 9.53 Å². The van der Waals surface area contributed by atoms with Crippen LogP contribution in [-0.2, 0) is 9.53 Å². The van der Waals surface area contributed by atoms with Crippen molar-refractivity contribution >= 4 is 5.97 Å². The van der Waals surface area contributed by atoms with Gasteiger partial charge in [0.1, 0.15) is 0 Å². The zero-order valence-electron chi connectivity index (χ0n) is 9.24. The molecule has 3 heteroatoms. The highest BCUT2D eigenvalue weighted by Gasteiger charge is 2.64. The van der Waals surface area contributed by atoms with Crippen LogP contribution in [0, 0.1) is 23.7 Å². The number of esters is 1. The Bertz CT molecular complexity index is 263. The summed E-state index contributed by atoms with van der Waals surface area (Å²) in [6.45, 7) is 2.75. The zero-order valence-corrected chi connectivity index (χ0v) is 9.24. The van der Waals surface area contributed by atoms with Crippen LogP contribution in [0.15, 0.2) is 0 Å². The second kappa shape index (κ2) is 3.48. The van der Waals surface area contributed by atoms with E-state index >= 15 is 0 Å². The highest BCUT2D eigenvalue weighted by Crippen LogP contribution is 2.65. The van der Waals surface area contributed by atoms with Crippen molar-refractivity contribution in [3.8, 4) is 0 Å². The van der Waals surface area contributed by atoms with Gasteiger partial charge in [-0.3, -0.25) is 4.79 Å². The highest BCUT2D eigenvalue weighted by atomic mass is 16.5. The first kappa shape index (κ1) is 9.64. The predicted molar refractivity (Wildman–Crippen MR) is 56.2 cm³/mol. The lowest BCUT2D eigenvalue weighted by Crippen LogP contribution is -2.30. The molecule has 0 amide bonds. The van der Waals surface area contributed by atoms with Crippen LogP contribution in [-0.4, -0.2) is 25.2 Å². The Morgan fingerprint density at radius 2 is 2.00 bits per heavy atom. The number of nitrogens with one attached hydrogen (secondary N) is 1. The standard InChI is InChI=1S/C12H19NO2/c1-2-15-9(14)6-13-12-10-7-3-4-8(5-7)11(10)12/h7-8,10-13H,2-6H2,1H3. The molecule has 2 bridgehead atoms. The van der Waals surface area contributed by atoms with E-state index in [2.05, 4.69) is 5.32 Å². The second-order valence-electron chi connectivity index (χ2n) is 5.20. The van der Waals surface area contributed by atoms with Crippen LogP contribution in [0.4, 0.5) is 0 Å². The van der Waals surface area contributed by atoms with Crippen molar-refractivity contribution in [3.63, 3.8) is 0 Å². The summed E-state index contributed by atoms with van der Waals surface area (Å²) < 4.78 is 4.91. The fourth-order valence-corrected chi connectivity index (χ4v) is 4.01. The van der Waals surface area contributed by atoms with Gasteiger partial charge in [-0.05, 0) is 49.9 Å². The number of carbonyl (C=O) groups is 1. The molecule has 0 aliphatic heterocycles. The lowest BCUT2D eigenvalue weighted by atomic mass is 10.0. The van der Waals surface area contributed by atoms with Gasteiger partial charge in [0.2, 0.25) is 0 Å². The lowest BCUT2D eigenvalue weighted by Gasteiger charge is -2.09. The van der Waals surface area contributed by atoms with E-state index in [0.29, 0.717) is 19.2 Å². The van der Waals surface area contributed by atoms with E-state index < -0.39 is 0 Å². The van der Waals surface area contributed by atoms with Crippen molar-refractivity contribution in [1.82, 2.24) is 5.32 Å². The smallest absolute Gasteiger partial charge is 0.319 e. The Kier molecular flexibility index (Phi) is 2.23. The number of carbonyl (C=O) groups excluding carboxylic acids is 1. The Balaban J connectivity index is 1.46. The van der Waals surface area contributed by atoms with Crippen LogP contribution in [0.1, 0.15) is 26.2 Å². The minimum Gasteiger partial charge on any atom is -0.465 e. The van der Waals surface area contributed by atoms with Crippen molar-refractivity contribution in [2.75, 3.05) is 13.2 Å². The summed E-state index contributed by atoms with van der Waals surface area (Å²) in [6, 6.07) is 0.639. The van der Waals surface area contributed by atoms with Gasteiger partial charge in [-0.2, -0.15) is 0 Å². The van der Waals surface area contributed by atoms with Crippen LogP contribution >= 0.6 is 0 Å². The van der Waals surface area contributed by atoms with E-state index in [4.69, 9.17) is 4.74 Å². The number of hydrogen-bond donors (Lipinski definition) is 1. The fourth-order valence-electron chi connectivity index (χ4n) is 4.01. The van der Waals surface area contributed by atoms with Crippen molar-refractivity contribution in [2.24, 2.45) is 23.7 Å². The highest BCUT2D eigenvalue weighted by molar-refractivity contribution is 5.71. The maximum atomic E-state index is 11.2. The molecule has 3 nitrogen and oxygen atoms in total. The average Bonchev–Trinajstić information content (AvgIpc) is 2.63. The van der Waals surface area contributed by atoms with Crippen LogP contribution in [0.3, 0.4) is 0 Å². The molecular formula is C12H19NO2. The predicted octanol–water partition coefficient (Wildman–Crippen LogP) is 1.18. The summed E-state index contributed by atoms with van der Waals surface area (Å²) in [5, 5.41) is 3.37. The number of fused-ring (bicyclic) bond motifs is 5. The van der Waals surface area contributed by atoms with Gasteiger partial charge >= 0.3 is 5.97 Å². The van der Waals surface area contributed by atoms with Gasteiger partial charge in [0.25, 0.3) is 0 Å². The zero-order chi connectivity index (χ0) is 10.4. The first-order valence-corrected chi connectivity index (χ1v) is 6.20. The summed E-state index contributed by atoms with van der Waals surface area (Å²) in [7, 11) is 0.